The van der Waals surface area contributed by atoms with Crippen molar-refractivity contribution < 1.29 is 23.2 Å². The van der Waals surface area contributed by atoms with Crippen molar-refractivity contribution in [1.82, 2.24) is 0 Å². The molecule has 1 aliphatic rings. The summed E-state index contributed by atoms with van der Waals surface area (Å²) in [7, 11) is 0.714. The van der Waals surface area contributed by atoms with Crippen molar-refractivity contribution in [3.8, 4) is 11.5 Å². The van der Waals surface area contributed by atoms with Gasteiger partial charge >= 0.3 is 7.12 Å². The molecule has 0 spiro atoms. The Balaban J connectivity index is 2.40. The molecule has 6 heteroatoms. The number of methoxy groups -OCH3 is 1. The molecule has 0 aliphatic carbocycles. The van der Waals surface area contributed by atoms with Crippen LogP contribution in [-0.4, -0.2) is 32.0 Å². The maximum Gasteiger partial charge on any atom is 0.498 e. The van der Waals surface area contributed by atoms with Crippen LogP contribution in [0.3, 0.4) is 0 Å². The molecular formula is C15H22BFO4. The number of halogens is 1. The van der Waals surface area contributed by atoms with Crippen molar-refractivity contribution in [2.75, 3.05) is 13.7 Å². The van der Waals surface area contributed by atoms with E-state index in [1.165, 1.54) is 7.11 Å². The van der Waals surface area contributed by atoms with Gasteiger partial charge in [-0.05, 0) is 40.7 Å². The summed E-state index contributed by atoms with van der Waals surface area (Å²) >= 11 is 0. The van der Waals surface area contributed by atoms with Crippen LogP contribution in [0.4, 0.5) is 4.39 Å². The second-order valence-corrected chi connectivity index (χ2v) is 6.02. The Morgan fingerprint density at radius 3 is 2.19 bits per heavy atom. The lowest BCUT2D eigenvalue weighted by atomic mass is 9.78. The summed E-state index contributed by atoms with van der Waals surface area (Å²) in [6.07, 6.45) is 0. The molecule has 1 fully saturated rings. The first kappa shape index (κ1) is 16.1. The molecule has 1 aromatic carbocycles. The molecule has 0 radical (unpaired) electrons. The van der Waals surface area contributed by atoms with Crippen LogP contribution >= 0.6 is 0 Å². The highest BCUT2D eigenvalue weighted by atomic mass is 19.1. The van der Waals surface area contributed by atoms with Crippen LogP contribution in [0.5, 0.6) is 11.5 Å². The standard InChI is InChI=1S/C15H22BFO4/c1-7-19-13-11(18-6)9-8-10(12(13)17)16-20-14(2,3)15(4,5)21-16/h8-9H,7H2,1-6H3. The zero-order chi connectivity index (χ0) is 15.8. The van der Waals surface area contributed by atoms with Crippen LogP contribution in [0, 0.1) is 5.82 Å². The van der Waals surface area contributed by atoms with Gasteiger partial charge in [-0.2, -0.15) is 0 Å². The van der Waals surface area contributed by atoms with E-state index in [4.69, 9.17) is 18.8 Å². The lowest BCUT2D eigenvalue weighted by molar-refractivity contribution is 0.00578. The minimum Gasteiger partial charge on any atom is -0.493 e. The van der Waals surface area contributed by atoms with Gasteiger partial charge in [0, 0.05) is 5.46 Å². The Bertz CT molecular complexity index is 515. The number of ether oxygens (including phenoxy) is 2. The van der Waals surface area contributed by atoms with Gasteiger partial charge in [0.2, 0.25) is 0 Å². The zero-order valence-corrected chi connectivity index (χ0v) is 13.5. The average Bonchev–Trinajstić information content (AvgIpc) is 2.60. The summed E-state index contributed by atoms with van der Waals surface area (Å²) in [5.74, 6) is -0.0588. The van der Waals surface area contributed by atoms with Crippen LogP contribution in [-0.2, 0) is 9.31 Å². The van der Waals surface area contributed by atoms with Crippen LogP contribution in [0.15, 0.2) is 12.1 Å². The van der Waals surface area contributed by atoms with Gasteiger partial charge in [-0.15, -0.1) is 0 Å². The van der Waals surface area contributed by atoms with Crippen molar-refractivity contribution in [3.63, 3.8) is 0 Å². The van der Waals surface area contributed by atoms with Crippen molar-refractivity contribution in [1.29, 1.82) is 0 Å². The molecule has 0 saturated carbocycles. The van der Waals surface area contributed by atoms with Crippen LogP contribution in [0.1, 0.15) is 34.6 Å². The molecular weight excluding hydrogens is 274 g/mol. The molecule has 1 aliphatic heterocycles. The van der Waals surface area contributed by atoms with Gasteiger partial charge in [0.15, 0.2) is 17.3 Å². The van der Waals surface area contributed by atoms with Crippen LogP contribution < -0.4 is 14.9 Å². The minimum absolute atomic E-state index is 0.0900. The second-order valence-electron chi connectivity index (χ2n) is 6.02. The minimum atomic E-state index is -0.764. The quantitative estimate of drug-likeness (QED) is 0.800. The predicted octanol–water partition coefficient (Wildman–Crippen LogP) is 2.53. The molecule has 0 N–H and O–H groups in total. The van der Waals surface area contributed by atoms with Crippen molar-refractivity contribution in [3.05, 3.63) is 17.9 Å². The summed E-state index contributed by atoms with van der Waals surface area (Å²) in [5.41, 5.74) is -0.719. The van der Waals surface area contributed by atoms with E-state index in [1.54, 1.807) is 19.1 Å². The topological polar surface area (TPSA) is 36.9 Å². The Labute approximate surface area is 125 Å². The van der Waals surface area contributed by atoms with Gasteiger partial charge in [0.25, 0.3) is 0 Å². The summed E-state index contributed by atoms with van der Waals surface area (Å²) in [6, 6.07) is 3.27. The van der Waals surface area contributed by atoms with E-state index in [9.17, 15) is 4.39 Å². The van der Waals surface area contributed by atoms with E-state index >= 15 is 0 Å². The molecule has 0 amide bonds. The van der Waals surface area contributed by atoms with Crippen LogP contribution in [0.2, 0.25) is 0 Å². The first-order valence-corrected chi connectivity index (χ1v) is 7.08. The number of benzene rings is 1. The fraction of sp³-hybridized carbons (Fsp3) is 0.600. The lowest BCUT2D eigenvalue weighted by Gasteiger charge is -2.32. The molecule has 1 saturated heterocycles. The number of rotatable bonds is 4. The maximum absolute atomic E-state index is 14.7. The van der Waals surface area contributed by atoms with Gasteiger partial charge in [-0.3, -0.25) is 0 Å². The van der Waals surface area contributed by atoms with E-state index in [2.05, 4.69) is 0 Å². The second kappa shape index (κ2) is 5.50. The highest BCUT2D eigenvalue weighted by Crippen LogP contribution is 2.38. The highest BCUT2D eigenvalue weighted by Gasteiger charge is 2.52. The average molecular weight is 296 g/mol. The molecule has 1 heterocycles. The first-order chi connectivity index (χ1) is 9.73. The third-order valence-electron chi connectivity index (χ3n) is 4.11. The summed E-state index contributed by atoms with van der Waals surface area (Å²) < 4.78 is 36.9. The summed E-state index contributed by atoms with van der Waals surface area (Å²) in [4.78, 5) is 0. The summed E-state index contributed by atoms with van der Waals surface area (Å²) in [5, 5.41) is 0. The molecule has 116 valence electrons. The normalized spacial score (nSPS) is 19.7. The van der Waals surface area contributed by atoms with Crippen molar-refractivity contribution >= 4 is 12.6 Å². The van der Waals surface area contributed by atoms with Gasteiger partial charge < -0.3 is 18.8 Å². The zero-order valence-electron chi connectivity index (χ0n) is 13.5. The molecule has 2 rings (SSSR count). The molecule has 0 aromatic heterocycles. The first-order valence-electron chi connectivity index (χ1n) is 7.08. The predicted molar refractivity (Wildman–Crippen MR) is 79.8 cm³/mol. The number of hydrogen-bond acceptors (Lipinski definition) is 4. The largest absolute Gasteiger partial charge is 0.498 e. The SMILES string of the molecule is CCOc1c(OC)ccc(B2OC(C)(C)C(C)(C)O2)c1F. The maximum atomic E-state index is 14.7. The highest BCUT2D eigenvalue weighted by molar-refractivity contribution is 6.62. The Morgan fingerprint density at radius 1 is 1.14 bits per heavy atom. The molecule has 4 nitrogen and oxygen atoms in total. The van der Waals surface area contributed by atoms with Gasteiger partial charge in [-0.1, -0.05) is 6.07 Å². The molecule has 21 heavy (non-hydrogen) atoms. The third-order valence-corrected chi connectivity index (χ3v) is 4.11. The van der Waals surface area contributed by atoms with E-state index in [0.29, 0.717) is 17.8 Å². The van der Waals surface area contributed by atoms with Crippen LogP contribution in [0.25, 0.3) is 0 Å². The van der Waals surface area contributed by atoms with E-state index in [-0.39, 0.29) is 5.75 Å². The van der Waals surface area contributed by atoms with E-state index < -0.39 is 24.1 Å². The Hall–Kier alpha value is -1.27. The van der Waals surface area contributed by atoms with Gasteiger partial charge in [0.1, 0.15) is 0 Å². The smallest absolute Gasteiger partial charge is 0.493 e. The van der Waals surface area contributed by atoms with E-state index in [1.807, 2.05) is 27.7 Å². The van der Waals surface area contributed by atoms with E-state index in [0.717, 1.165) is 0 Å². The molecule has 0 bridgehead atoms. The lowest BCUT2D eigenvalue weighted by Crippen LogP contribution is -2.41. The Morgan fingerprint density at radius 2 is 1.71 bits per heavy atom. The monoisotopic (exact) mass is 296 g/mol. The third kappa shape index (κ3) is 2.74. The van der Waals surface area contributed by atoms with Gasteiger partial charge in [-0.25, -0.2) is 4.39 Å². The summed E-state index contributed by atoms with van der Waals surface area (Å²) in [6.45, 7) is 9.85. The fourth-order valence-electron chi connectivity index (χ4n) is 2.15. The molecule has 0 unspecified atom stereocenters. The van der Waals surface area contributed by atoms with Gasteiger partial charge in [0.05, 0.1) is 24.9 Å². The Kier molecular flexibility index (Phi) is 4.22. The number of hydrogen-bond donors (Lipinski definition) is 0. The van der Waals surface area contributed by atoms with Crippen molar-refractivity contribution in [2.45, 2.75) is 45.8 Å². The van der Waals surface area contributed by atoms with Crippen molar-refractivity contribution in [2.24, 2.45) is 0 Å². The fourth-order valence-corrected chi connectivity index (χ4v) is 2.15. The molecule has 0 atom stereocenters. The molecule has 1 aromatic rings.